The molecule has 0 spiro atoms. The molecule has 0 radical (unpaired) electrons. The van der Waals surface area contributed by atoms with Gasteiger partial charge in [-0.2, -0.15) is 0 Å². The number of aromatic nitrogens is 1. The van der Waals surface area contributed by atoms with E-state index in [1.165, 1.54) is 0 Å². The molecule has 0 unspecified atom stereocenters. The molecule has 0 atom stereocenters. The van der Waals surface area contributed by atoms with Crippen molar-refractivity contribution >= 4 is 21.0 Å². The lowest BCUT2D eigenvalue weighted by Crippen LogP contribution is -2.40. The van der Waals surface area contributed by atoms with Crippen molar-refractivity contribution in [2.75, 3.05) is 0 Å². The Morgan fingerprint density at radius 3 is 2.71 bits per heavy atom. The van der Waals surface area contributed by atoms with Crippen molar-refractivity contribution in [1.82, 2.24) is 9.88 Å². The lowest BCUT2D eigenvalue weighted by molar-refractivity contribution is 0.373. The fourth-order valence-electron chi connectivity index (χ4n) is 2.75. The summed E-state index contributed by atoms with van der Waals surface area (Å²) in [4.78, 5) is 0. The molecular formula is C14H19N3O3S. The molecule has 1 saturated carbocycles. The second-order valence-electron chi connectivity index (χ2n) is 5.61. The highest BCUT2D eigenvalue weighted by Gasteiger charge is 2.24. The Morgan fingerprint density at radius 1 is 1.24 bits per heavy atom. The van der Waals surface area contributed by atoms with Gasteiger partial charge in [-0.3, -0.25) is 0 Å². The number of hydrogen-bond donors (Lipinski definition) is 2. The molecule has 0 saturated heterocycles. The summed E-state index contributed by atoms with van der Waals surface area (Å²) in [6.45, 7) is 0. The molecular weight excluding hydrogens is 290 g/mol. The number of sulfonamides is 1. The van der Waals surface area contributed by atoms with Crippen molar-refractivity contribution in [3.05, 3.63) is 30.0 Å². The highest BCUT2D eigenvalue weighted by atomic mass is 32.2. The van der Waals surface area contributed by atoms with E-state index in [0.717, 1.165) is 31.1 Å². The van der Waals surface area contributed by atoms with Gasteiger partial charge in [0.1, 0.15) is 11.4 Å². The van der Waals surface area contributed by atoms with Crippen LogP contribution < -0.4 is 10.5 Å². The highest BCUT2D eigenvalue weighted by molar-refractivity contribution is 7.88. The molecule has 7 heteroatoms. The zero-order valence-electron chi connectivity index (χ0n) is 11.7. The summed E-state index contributed by atoms with van der Waals surface area (Å²) >= 11 is 0. The van der Waals surface area contributed by atoms with E-state index in [2.05, 4.69) is 9.88 Å². The van der Waals surface area contributed by atoms with Gasteiger partial charge >= 0.3 is 0 Å². The second-order valence-corrected chi connectivity index (χ2v) is 7.37. The molecule has 2 aromatic rings. The Kier molecular flexibility index (Phi) is 3.97. The molecule has 0 bridgehead atoms. The van der Waals surface area contributed by atoms with Gasteiger partial charge in [0.05, 0.1) is 0 Å². The Labute approximate surface area is 123 Å². The van der Waals surface area contributed by atoms with Gasteiger partial charge in [0.2, 0.25) is 10.0 Å². The number of nitrogens with two attached hydrogens (primary N) is 1. The van der Waals surface area contributed by atoms with Crippen LogP contribution in [0, 0.1) is 0 Å². The summed E-state index contributed by atoms with van der Waals surface area (Å²) in [6, 6.07) is 7.43. The van der Waals surface area contributed by atoms with E-state index < -0.39 is 10.0 Å². The average Bonchev–Trinajstić information content (AvgIpc) is 2.84. The van der Waals surface area contributed by atoms with Crippen LogP contribution in [0.15, 0.2) is 28.8 Å². The molecule has 0 aliphatic heterocycles. The van der Waals surface area contributed by atoms with E-state index in [1.54, 1.807) is 6.07 Å². The molecule has 1 aliphatic rings. The van der Waals surface area contributed by atoms with Gasteiger partial charge in [-0.15, -0.1) is 0 Å². The Morgan fingerprint density at radius 2 is 1.95 bits per heavy atom. The van der Waals surface area contributed by atoms with E-state index in [4.69, 9.17) is 10.3 Å². The van der Waals surface area contributed by atoms with E-state index in [0.29, 0.717) is 11.3 Å². The van der Waals surface area contributed by atoms with Crippen LogP contribution in [-0.4, -0.2) is 25.7 Å². The lowest BCUT2D eigenvalue weighted by atomic mass is 9.93. The predicted octanol–water partition coefficient (Wildman–Crippen LogP) is 1.52. The summed E-state index contributed by atoms with van der Waals surface area (Å²) in [6.07, 6.45) is 3.31. The quantitative estimate of drug-likeness (QED) is 0.892. The molecule has 21 heavy (non-hydrogen) atoms. The van der Waals surface area contributed by atoms with Gasteiger partial charge in [0, 0.05) is 17.5 Å². The number of para-hydroxylation sites is 1. The van der Waals surface area contributed by atoms with Crippen molar-refractivity contribution < 1.29 is 12.9 Å². The predicted molar refractivity (Wildman–Crippen MR) is 80.0 cm³/mol. The normalized spacial score (nSPS) is 23.5. The molecule has 1 fully saturated rings. The molecule has 0 amide bonds. The Bertz CT molecular complexity index is 718. The van der Waals surface area contributed by atoms with Crippen molar-refractivity contribution in [1.29, 1.82) is 0 Å². The fourth-order valence-corrected chi connectivity index (χ4v) is 4.15. The third-order valence-electron chi connectivity index (χ3n) is 3.90. The van der Waals surface area contributed by atoms with Crippen LogP contribution in [0.4, 0.5) is 0 Å². The van der Waals surface area contributed by atoms with Crippen molar-refractivity contribution in [2.24, 2.45) is 5.73 Å². The Hall–Kier alpha value is -1.44. The number of benzene rings is 1. The first kappa shape index (κ1) is 14.5. The summed E-state index contributed by atoms with van der Waals surface area (Å²) < 4.78 is 32.4. The number of nitrogens with zero attached hydrogens (tertiary/aromatic N) is 1. The van der Waals surface area contributed by atoms with E-state index in [-0.39, 0.29) is 17.8 Å². The van der Waals surface area contributed by atoms with E-state index in [1.807, 2.05) is 18.2 Å². The molecule has 1 aromatic carbocycles. The summed E-state index contributed by atoms with van der Waals surface area (Å²) in [7, 11) is -3.43. The molecule has 3 rings (SSSR count). The van der Waals surface area contributed by atoms with Gasteiger partial charge in [0.25, 0.3) is 0 Å². The van der Waals surface area contributed by atoms with Crippen LogP contribution in [0.2, 0.25) is 0 Å². The molecule has 114 valence electrons. The van der Waals surface area contributed by atoms with Crippen LogP contribution in [0.5, 0.6) is 0 Å². The largest absolute Gasteiger partial charge is 0.356 e. The minimum atomic E-state index is -3.43. The number of rotatable bonds is 4. The van der Waals surface area contributed by atoms with Gasteiger partial charge in [-0.25, -0.2) is 13.1 Å². The average molecular weight is 309 g/mol. The fraction of sp³-hybridized carbons (Fsp3) is 0.500. The highest BCUT2D eigenvalue weighted by Crippen LogP contribution is 2.21. The van der Waals surface area contributed by atoms with Crippen LogP contribution in [-0.2, 0) is 15.8 Å². The van der Waals surface area contributed by atoms with Crippen LogP contribution in [0.1, 0.15) is 31.4 Å². The first-order valence-electron chi connectivity index (χ1n) is 7.12. The molecule has 1 aliphatic carbocycles. The van der Waals surface area contributed by atoms with Crippen LogP contribution >= 0.6 is 0 Å². The minimum absolute atomic E-state index is 0.0204. The lowest BCUT2D eigenvalue weighted by Gasteiger charge is -2.26. The Balaban J connectivity index is 1.71. The molecule has 1 aromatic heterocycles. The summed E-state index contributed by atoms with van der Waals surface area (Å²) in [5, 5.41) is 4.62. The molecule has 1 heterocycles. The summed E-state index contributed by atoms with van der Waals surface area (Å²) in [5.41, 5.74) is 6.89. The second kappa shape index (κ2) is 5.75. The van der Waals surface area contributed by atoms with Gasteiger partial charge in [-0.05, 0) is 37.8 Å². The van der Waals surface area contributed by atoms with Crippen LogP contribution in [0.25, 0.3) is 11.0 Å². The monoisotopic (exact) mass is 309 g/mol. The zero-order valence-corrected chi connectivity index (χ0v) is 12.5. The number of nitrogens with one attached hydrogen (secondary N) is 1. The standard InChI is InChI=1S/C14H19N3O3S/c15-10-5-7-11(8-6-10)17-21(18,19)9-13-12-3-1-2-4-14(12)20-16-13/h1-4,10-11,17H,5-9,15H2. The maximum Gasteiger partial charge on any atom is 0.217 e. The third kappa shape index (κ3) is 3.42. The van der Waals surface area contributed by atoms with Crippen molar-refractivity contribution in [3.63, 3.8) is 0 Å². The SMILES string of the molecule is NC1CCC(NS(=O)(=O)Cc2noc3ccccc23)CC1. The maximum atomic E-state index is 12.3. The van der Waals surface area contributed by atoms with Gasteiger partial charge < -0.3 is 10.3 Å². The maximum absolute atomic E-state index is 12.3. The number of hydrogen-bond acceptors (Lipinski definition) is 5. The summed E-state index contributed by atoms with van der Waals surface area (Å²) in [5.74, 6) is -0.160. The first-order chi connectivity index (χ1) is 10.0. The van der Waals surface area contributed by atoms with Gasteiger partial charge in [-0.1, -0.05) is 17.3 Å². The van der Waals surface area contributed by atoms with Crippen molar-refractivity contribution in [3.8, 4) is 0 Å². The van der Waals surface area contributed by atoms with E-state index in [9.17, 15) is 8.42 Å². The topological polar surface area (TPSA) is 98.2 Å². The van der Waals surface area contributed by atoms with Crippen LogP contribution in [0.3, 0.4) is 0 Å². The van der Waals surface area contributed by atoms with Gasteiger partial charge in [0.15, 0.2) is 5.58 Å². The molecule has 3 N–H and O–H groups in total. The smallest absolute Gasteiger partial charge is 0.217 e. The number of fused-ring (bicyclic) bond motifs is 1. The first-order valence-corrected chi connectivity index (χ1v) is 8.77. The molecule has 6 nitrogen and oxygen atoms in total. The van der Waals surface area contributed by atoms with Crippen molar-refractivity contribution in [2.45, 2.75) is 43.5 Å². The third-order valence-corrected chi connectivity index (χ3v) is 5.24. The minimum Gasteiger partial charge on any atom is -0.356 e. The zero-order chi connectivity index (χ0) is 14.9. The van der Waals surface area contributed by atoms with E-state index >= 15 is 0 Å².